The van der Waals surface area contributed by atoms with Crippen LogP contribution in [-0.2, 0) is 33.3 Å². The number of carboxylic acid groups (broad SMARTS) is 1. The number of aliphatic carboxylic acids is 1. The van der Waals surface area contributed by atoms with Gasteiger partial charge < -0.3 is 28.5 Å². The fourth-order valence-electron chi connectivity index (χ4n) is 8.97. The van der Waals surface area contributed by atoms with Crippen LogP contribution in [0.1, 0.15) is 271 Å². The van der Waals surface area contributed by atoms with E-state index in [1.807, 2.05) is 21.1 Å². The number of ether oxygens (including phenoxy) is 4. The molecule has 0 rings (SSSR count). The Morgan fingerprint density at radius 2 is 0.704 bits per heavy atom. The van der Waals surface area contributed by atoms with Gasteiger partial charge in [0.1, 0.15) is 13.2 Å². The van der Waals surface area contributed by atoms with Crippen molar-refractivity contribution in [2.75, 3.05) is 47.5 Å². The molecule has 2 unspecified atom stereocenters. The Balaban J connectivity index is 4.24. The highest BCUT2D eigenvalue weighted by Crippen LogP contribution is 2.16. The second-order valence-electron chi connectivity index (χ2n) is 23.0. The molecule has 0 radical (unpaired) electrons. The van der Waals surface area contributed by atoms with E-state index in [1.54, 1.807) is 0 Å². The van der Waals surface area contributed by atoms with Crippen LogP contribution in [0.3, 0.4) is 0 Å². The Morgan fingerprint density at radius 3 is 1.06 bits per heavy atom. The normalized spacial score (nSPS) is 13.4. The molecular weight excluding hydrogens is 1010 g/mol. The fourth-order valence-corrected chi connectivity index (χ4v) is 8.97. The number of rotatable bonds is 60. The van der Waals surface area contributed by atoms with Crippen LogP contribution in [0.25, 0.3) is 0 Å². The third-order valence-electron chi connectivity index (χ3n) is 14.0. The highest BCUT2D eigenvalue weighted by Gasteiger charge is 2.25. The summed E-state index contributed by atoms with van der Waals surface area (Å²) in [6.07, 6.45) is 83.2. The number of allylic oxidation sites excluding steroid dienone is 18. The highest BCUT2D eigenvalue weighted by atomic mass is 16.7. The third kappa shape index (κ3) is 63.4. The van der Waals surface area contributed by atoms with Crippen molar-refractivity contribution in [2.45, 2.75) is 283 Å². The van der Waals surface area contributed by atoms with Gasteiger partial charge in [0.15, 0.2) is 6.10 Å². The van der Waals surface area contributed by atoms with Crippen LogP contribution in [0.2, 0.25) is 0 Å². The van der Waals surface area contributed by atoms with Crippen LogP contribution in [0.5, 0.6) is 0 Å². The van der Waals surface area contributed by atoms with Gasteiger partial charge in [-0.3, -0.25) is 9.59 Å². The Labute approximate surface area is 498 Å². The average Bonchev–Trinajstić information content (AvgIpc) is 3.44. The largest absolute Gasteiger partial charge is 0.477 e. The second kappa shape index (κ2) is 62.0. The molecule has 81 heavy (non-hydrogen) atoms. The predicted octanol–water partition coefficient (Wildman–Crippen LogP) is 20.2. The molecule has 0 bridgehead atoms. The molecule has 0 aliphatic rings. The lowest BCUT2D eigenvalue weighted by Gasteiger charge is -2.25. The van der Waals surface area contributed by atoms with Crippen LogP contribution in [0, 0.1) is 0 Å². The van der Waals surface area contributed by atoms with Gasteiger partial charge in [-0.25, -0.2) is 4.79 Å². The second-order valence-corrected chi connectivity index (χ2v) is 23.0. The Morgan fingerprint density at radius 1 is 0.383 bits per heavy atom. The molecule has 0 aromatic carbocycles. The van der Waals surface area contributed by atoms with E-state index in [0.29, 0.717) is 23.9 Å². The zero-order valence-corrected chi connectivity index (χ0v) is 52.9. The number of esters is 2. The number of nitrogens with zero attached hydrogens (tertiary/aromatic N) is 1. The first kappa shape index (κ1) is 77.0. The molecule has 0 aromatic heterocycles. The summed E-state index contributed by atoms with van der Waals surface area (Å²) in [5.74, 6) is -2.03. The van der Waals surface area contributed by atoms with E-state index in [4.69, 9.17) is 18.9 Å². The minimum Gasteiger partial charge on any atom is -0.477 e. The smallest absolute Gasteiger partial charge is 0.361 e. The number of likely N-dealkylation sites (N-methyl/N-ethyl adjacent to an activating group) is 1. The van der Waals surface area contributed by atoms with Crippen molar-refractivity contribution in [2.24, 2.45) is 0 Å². The van der Waals surface area contributed by atoms with Crippen LogP contribution in [0.4, 0.5) is 0 Å². The van der Waals surface area contributed by atoms with Gasteiger partial charge in [0, 0.05) is 12.8 Å². The van der Waals surface area contributed by atoms with E-state index in [-0.39, 0.29) is 32.2 Å². The number of carbonyl (C=O) groups excluding carboxylic acids is 2. The summed E-state index contributed by atoms with van der Waals surface area (Å²) in [6.45, 7) is 4.76. The first-order valence-electron chi connectivity index (χ1n) is 33.1. The number of carboxylic acids is 1. The van der Waals surface area contributed by atoms with Gasteiger partial charge in [-0.1, -0.05) is 264 Å². The summed E-state index contributed by atoms with van der Waals surface area (Å²) in [5, 5.41) is 9.73. The molecule has 0 aliphatic heterocycles. The lowest BCUT2D eigenvalue weighted by Crippen LogP contribution is -2.40. The molecule has 9 nitrogen and oxygen atoms in total. The maximum atomic E-state index is 12.9. The van der Waals surface area contributed by atoms with Crippen LogP contribution >= 0.6 is 0 Å². The molecule has 0 amide bonds. The van der Waals surface area contributed by atoms with Gasteiger partial charge in [0.2, 0.25) is 0 Å². The Kier molecular flexibility index (Phi) is 58.9. The lowest BCUT2D eigenvalue weighted by atomic mass is 10.0. The molecule has 2 atom stereocenters. The van der Waals surface area contributed by atoms with Crippen molar-refractivity contribution in [3.63, 3.8) is 0 Å². The molecule has 1 N–H and O–H groups in total. The van der Waals surface area contributed by atoms with E-state index < -0.39 is 24.3 Å². The number of hydrogen-bond acceptors (Lipinski definition) is 7. The first-order chi connectivity index (χ1) is 39.6. The monoisotopic (exact) mass is 1130 g/mol. The number of carbonyl (C=O) groups is 3. The molecule has 0 aliphatic carbocycles. The van der Waals surface area contributed by atoms with Crippen molar-refractivity contribution in [3.8, 4) is 0 Å². The molecule has 0 saturated heterocycles. The number of hydrogen-bond donors (Lipinski definition) is 1. The van der Waals surface area contributed by atoms with Crippen LogP contribution < -0.4 is 0 Å². The predicted molar refractivity (Wildman–Crippen MR) is 345 cm³/mol. The van der Waals surface area contributed by atoms with Gasteiger partial charge in [0.05, 0.1) is 34.4 Å². The molecule has 464 valence electrons. The Hall–Kier alpha value is -4.05. The van der Waals surface area contributed by atoms with Crippen molar-refractivity contribution in [3.05, 3.63) is 109 Å². The van der Waals surface area contributed by atoms with Crippen molar-refractivity contribution >= 4 is 17.9 Å². The third-order valence-corrected chi connectivity index (χ3v) is 14.0. The van der Waals surface area contributed by atoms with Crippen molar-refractivity contribution < 1.29 is 42.9 Å². The maximum Gasteiger partial charge on any atom is 0.361 e. The zero-order chi connectivity index (χ0) is 59.1. The minimum absolute atomic E-state index is 0.180. The van der Waals surface area contributed by atoms with Gasteiger partial charge in [0.25, 0.3) is 6.29 Å². The quantitative estimate of drug-likeness (QED) is 0.0211. The summed E-state index contributed by atoms with van der Waals surface area (Å²) in [4.78, 5) is 37.6. The standard InChI is InChI=1S/C72H123NO8/c1-6-8-10-12-14-16-18-20-22-24-26-28-30-32-33-34-35-36-37-39-41-43-45-47-49-51-53-55-57-59-61-63-70(75)81-68(67-80-72(71(76)77)78-65-64-73(3,4)5)66-79-69(74)62-60-58-56-54-52-50-48-46-44-42-40-38-31-29-27-25-23-21-19-17-15-13-11-9-7-2/h8,10,14,16,20,22,25-28,32-33,35-36,39,41,45,47,68,72H,6-7,9,11-13,15,17-19,21,23-24,29-31,34,37-38,40,42-44,46,48-67H2,1-5H3/p+1/b10-8-,16-14-,22-20-,27-25-,28-26-,33-32-,36-35-,41-39-,47-45-. The molecule has 0 saturated carbocycles. The van der Waals surface area contributed by atoms with Gasteiger partial charge >= 0.3 is 17.9 Å². The van der Waals surface area contributed by atoms with E-state index in [0.717, 1.165) is 109 Å². The van der Waals surface area contributed by atoms with E-state index in [2.05, 4.69) is 123 Å². The van der Waals surface area contributed by atoms with Crippen molar-refractivity contribution in [1.29, 1.82) is 0 Å². The van der Waals surface area contributed by atoms with Gasteiger partial charge in [-0.2, -0.15) is 0 Å². The van der Waals surface area contributed by atoms with Crippen molar-refractivity contribution in [1.82, 2.24) is 0 Å². The number of quaternary nitrogens is 1. The summed E-state index contributed by atoms with van der Waals surface area (Å²) >= 11 is 0. The molecular formula is C72H124NO8+. The van der Waals surface area contributed by atoms with Gasteiger partial charge in [-0.15, -0.1) is 0 Å². The van der Waals surface area contributed by atoms with Gasteiger partial charge in [-0.05, 0) is 103 Å². The molecule has 0 heterocycles. The maximum absolute atomic E-state index is 12.9. The van der Waals surface area contributed by atoms with E-state index in [1.165, 1.54) is 128 Å². The molecule has 0 fully saturated rings. The first-order valence-corrected chi connectivity index (χ1v) is 33.1. The molecule has 9 heteroatoms. The van der Waals surface area contributed by atoms with E-state index in [9.17, 15) is 19.5 Å². The summed E-state index contributed by atoms with van der Waals surface area (Å²) in [6, 6.07) is 0. The average molecular weight is 1130 g/mol. The lowest BCUT2D eigenvalue weighted by molar-refractivity contribution is -0.870. The zero-order valence-electron chi connectivity index (χ0n) is 52.9. The number of unbranched alkanes of at least 4 members (excludes halogenated alkanes) is 27. The topological polar surface area (TPSA) is 108 Å². The molecule has 0 spiro atoms. The van der Waals surface area contributed by atoms with Crippen LogP contribution in [-0.4, -0.2) is 87.4 Å². The highest BCUT2D eigenvalue weighted by molar-refractivity contribution is 5.71. The fraction of sp³-hybridized carbons (Fsp3) is 0.708. The Bertz CT molecular complexity index is 1700. The van der Waals surface area contributed by atoms with Crippen LogP contribution in [0.15, 0.2) is 109 Å². The minimum atomic E-state index is -1.52. The summed E-state index contributed by atoms with van der Waals surface area (Å²) < 4.78 is 22.9. The molecule has 0 aromatic rings. The SMILES string of the molecule is CC/C=C\C/C=C\C/C=C\C/C=C\C/C=C\C/C=C\C/C=C\C/C=C\CCCCCCCCC(=O)OC(COC(=O)CCCCCCCCCCCCCCC/C=C\CCCCCCCCCC)COC(OCC[N+](C)(C)C)C(=O)O. The summed E-state index contributed by atoms with van der Waals surface area (Å²) in [5.41, 5.74) is 0. The summed E-state index contributed by atoms with van der Waals surface area (Å²) in [7, 11) is 5.96. The van der Waals surface area contributed by atoms with E-state index >= 15 is 0 Å².